The molecule has 2 rings (SSSR count). The first-order valence-electron chi connectivity index (χ1n) is 7.68. The molecular weight excluding hydrogens is 264 g/mol. The van der Waals surface area contributed by atoms with Gasteiger partial charge in [0.2, 0.25) is 6.79 Å². The summed E-state index contributed by atoms with van der Waals surface area (Å²) in [6.07, 6.45) is 2.16. The molecule has 4 nitrogen and oxygen atoms in total. The monoisotopic (exact) mass is 292 g/mol. The van der Waals surface area contributed by atoms with Crippen molar-refractivity contribution in [3.05, 3.63) is 23.8 Å². The Morgan fingerprint density at radius 3 is 2.67 bits per heavy atom. The van der Waals surface area contributed by atoms with E-state index in [1.807, 2.05) is 6.07 Å². The Labute approximate surface area is 128 Å². The van der Waals surface area contributed by atoms with Gasteiger partial charge < -0.3 is 19.7 Å². The molecule has 0 spiro atoms. The van der Waals surface area contributed by atoms with E-state index in [1.54, 1.807) is 0 Å². The number of rotatable bonds is 7. The molecule has 0 amide bonds. The van der Waals surface area contributed by atoms with Crippen LogP contribution >= 0.6 is 0 Å². The third-order valence-electron chi connectivity index (χ3n) is 4.40. The van der Waals surface area contributed by atoms with Gasteiger partial charge in [-0.2, -0.15) is 0 Å². The quantitative estimate of drug-likeness (QED) is 0.838. The minimum atomic E-state index is 0.174. The summed E-state index contributed by atoms with van der Waals surface area (Å²) in [5.74, 6) is 1.74. The Balaban J connectivity index is 1.78. The number of likely N-dealkylation sites (N-methyl/N-ethyl adjacent to an activating group) is 1. The predicted molar refractivity (Wildman–Crippen MR) is 86.1 cm³/mol. The summed E-state index contributed by atoms with van der Waals surface area (Å²) in [7, 11) is 4.25. The molecule has 1 aliphatic heterocycles. The molecule has 1 atom stereocenters. The van der Waals surface area contributed by atoms with E-state index >= 15 is 0 Å². The lowest BCUT2D eigenvalue weighted by Crippen LogP contribution is -2.48. The molecule has 0 saturated carbocycles. The normalized spacial score (nSPS) is 15.5. The highest BCUT2D eigenvalue weighted by molar-refractivity contribution is 5.44. The van der Waals surface area contributed by atoms with Crippen LogP contribution in [0.4, 0.5) is 0 Å². The number of ether oxygens (including phenoxy) is 2. The van der Waals surface area contributed by atoms with E-state index in [-0.39, 0.29) is 5.54 Å². The molecule has 1 N–H and O–H groups in total. The Morgan fingerprint density at radius 2 is 1.95 bits per heavy atom. The Hall–Kier alpha value is -1.26. The van der Waals surface area contributed by atoms with Gasteiger partial charge in [-0.15, -0.1) is 0 Å². The fourth-order valence-corrected chi connectivity index (χ4v) is 2.16. The molecule has 0 bridgehead atoms. The molecule has 118 valence electrons. The van der Waals surface area contributed by atoms with E-state index in [0.29, 0.717) is 12.8 Å². The van der Waals surface area contributed by atoms with Crippen LogP contribution in [0.1, 0.15) is 32.8 Å². The van der Waals surface area contributed by atoms with Gasteiger partial charge in [0.15, 0.2) is 11.5 Å². The van der Waals surface area contributed by atoms with Crippen LogP contribution in [-0.2, 0) is 6.42 Å². The van der Waals surface area contributed by atoms with Gasteiger partial charge in [0.25, 0.3) is 0 Å². The summed E-state index contributed by atoms with van der Waals surface area (Å²) < 4.78 is 10.8. The summed E-state index contributed by atoms with van der Waals surface area (Å²) in [6, 6.07) is 6.72. The fraction of sp³-hybridized carbons (Fsp3) is 0.647. The van der Waals surface area contributed by atoms with Crippen LogP contribution in [0.5, 0.6) is 11.5 Å². The van der Waals surface area contributed by atoms with E-state index in [2.05, 4.69) is 57.2 Å². The van der Waals surface area contributed by atoms with Gasteiger partial charge in [-0.1, -0.05) is 6.07 Å². The molecule has 1 aromatic carbocycles. The summed E-state index contributed by atoms with van der Waals surface area (Å²) in [5, 5.41) is 3.63. The highest BCUT2D eigenvalue weighted by Gasteiger charge is 2.20. The van der Waals surface area contributed by atoms with Crippen molar-refractivity contribution in [2.45, 2.75) is 45.2 Å². The third kappa shape index (κ3) is 4.35. The molecule has 0 saturated heterocycles. The van der Waals surface area contributed by atoms with Crippen molar-refractivity contribution in [1.82, 2.24) is 10.2 Å². The van der Waals surface area contributed by atoms with Crippen LogP contribution < -0.4 is 14.8 Å². The average molecular weight is 292 g/mol. The lowest BCUT2D eigenvalue weighted by atomic mass is 10.0. The minimum Gasteiger partial charge on any atom is -0.454 e. The number of nitrogens with one attached hydrogen (secondary N) is 1. The highest BCUT2D eigenvalue weighted by Crippen LogP contribution is 2.32. The summed E-state index contributed by atoms with van der Waals surface area (Å²) >= 11 is 0. The van der Waals surface area contributed by atoms with Crippen molar-refractivity contribution in [3.8, 4) is 11.5 Å². The van der Waals surface area contributed by atoms with Crippen LogP contribution in [0.15, 0.2) is 18.2 Å². The Bertz CT molecular complexity index is 472. The zero-order chi connectivity index (χ0) is 15.5. The SMILES string of the molecule is CC(CCc1ccc2c(c1)OCO2)NCC(C)(C)N(C)C. The number of aryl methyl sites for hydroxylation is 1. The second-order valence-corrected chi connectivity index (χ2v) is 6.72. The summed E-state index contributed by atoms with van der Waals surface area (Å²) in [5.41, 5.74) is 1.48. The van der Waals surface area contributed by atoms with Gasteiger partial charge in [0.05, 0.1) is 0 Å². The summed E-state index contributed by atoms with van der Waals surface area (Å²) in [4.78, 5) is 2.25. The van der Waals surface area contributed by atoms with Crippen molar-refractivity contribution in [2.75, 3.05) is 27.4 Å². The molecule has 1 heterocycles. The molecule has 1 unspecified atom stereocenters. The van der Waals surface area contributed by atoms with Gasteiger partial charge in [-0.25, -0.2) is 0 Å². The fourth-order valence-electron chi connectivity index (χ4n) is 2.16. The molecule has 4 heteroatoms. The Morgan fingerprint density at radius 1 is 1.24 bits per heavy atom. The molecule has 0 aliphatic carbocycles. The Kier molecular flexibility index (Phi) is 5.12. The third-order valence-corrected chi connectivity index (χ3v) is 4.40. The number of nitrogens with zero attached hydrogens (tertiary/aromatic N) is 1. The van der Waals surface area contributed by atoms with Crippen molar-refractivity contribution >= 4 is 0 Å². The number of hydrogen-bond acceptors (Lipinski definition) is 4. The van der Waals surface area contributed by atoms with Crippen LogP contribution in [0.2, 0.25) is 0 Å². The van der Waals surface area contributed by atoms with Crippen LogP contribution in [0.3, 0.4) is 0 Å². The largest absolute Gasteiger partial charge is 0.454 e. The van der Waals surface area contributed by atoms with E-state index < -0.39 is 0 Å². The van der Waals surface area contributed by atoms with Crippen molar-refractivity contribution in [3.63, 3.8) is 0 Å². The molecule has 0 fully saturated rings. The average Bonchev–Trinajstić information content (AvgIpc) is 2.90. The van der Waals surface area contributed by atoms with E-state index in [0.717, 1.165) is 30.9 Å². The maximum atomic E-state index is 5.42. The van der Waals surface area contributed by atoms with Crippen molar-refractivity contribution in [1.29, 1.82) is 0 Å². The topological polar surface area (TPSA) is 33.7 Å². The second kappa shape index (κ2) is 6.67. The molecule has 21 heavy (non-hydrogen) atoms. The van der Waals surface area contributed by atoms with E-state index in [4.69, 9.17) is 9.47 Å². The van der Waals surface area contributed by atoms with Gasteiger partial charge in [0.1, 0.15) is 0 Å². The molecule has 0 aromatic heterocycles. The second-order valence-electron chi connectivity index (χ2n) is 6.72. The van der Waals surface area contributed by atoms with Gasteiger partial charge in [-0.05, 0) is 65.4 Å². The molecule has 1 aliphatic rings. The van der Waals surface area contributed by atoms with Gasteiger partial charge in [-0.3, -0.25) is 0 Å². The van der Waals surface area contributed by atoms with Crippen molar-refractivity contribution in [2.24, 2.45) is 0 Å². The molecule has 1 aromatic rings. The maximum absolute atomic E-state index is 5.42. The van der Waals surface area contributed by atoms with Crippen LogP contribution in [0, 0.1) is 0 Å². The standard InChI is InChI=1S/C17H28N2O2/c1-13(18-11-17(2,3)19(4)5)6-7-14-8-9-15-16(10-14)21-12-20-15/h8-10,13,18H,6-7,11-12H2,1-5H3. The van der Waals surface area contributed by atoms with Crippen molar-refractivity contribution < 1.29 is 9.47 Å². The molecular formula is C17H28N2O2. The van der Waals surface area contributed by atoms with E-state index in [1.165, 1.54) is 5.56 Å². The molecule has 0 radical (unpaired) electrons. The highest BCUT2D eigenvalue weighted by atomic mass is 16.7. The van der Waals surface area contributed by atoms with Crippen LogP contribution in [-0.4, -0.2) is 43.9 Å². The minimum absolute atomic E-state index is 0.174. The van der Waals surface area contributed by atoms with Crippen LogP contribution in [0.25, 0.3) is 0 Å². The lowest BCUT2D eigenvalue weighted by molar-refractivity contribution is 0.174. The van der Waals surface area contributed by atoms with E-state index in [9.17, 15) is 0 Å². The number of hydrogen-bond donors (Lipinski definition) is 1. The van der Waals surface area contributed by atoms with Gasteiger partial charge >= 0.3 is 0 Å². The number of fused-ring (bicyclic) bond motifs is 1. The summed E-state index contributed by atoms with van der Waals surface area (Å²) in [6.45, 7) is 8.09. The zero-order valence-electron chi connectivity index (χ0n) is 13.9. The maximum Gasteiger partial charge on any atom is 0.231 e. The van der Waals surface area contributed by atoms with Gasteiger partial charge in [0, 0.05) is 18.1 Å². The first-order chi connectivity index (χ1) is 9.88. The first-order valence-corrected chi connectivity index (χ1v) is 7.68. The number of benzene rings is 1. The first kappa shape index (κ1) is 16.1. The predicted octanol–water partition coefficient (Wildman–Crippen LogP) is 2.67. The zero-order valence-corrected chi connectivity index (χ0v) is 13.9. The smallest absolute Gasteiger partial charge is 0.231 e. The lowest BCUT2D eigenvalue weighted by Gasteiger charge is -2.34.